The quantitative estimate of drug-likeness (QED) is 0.887. The van der Waals surface area contributed by atoms with E-state index in [-0.39, 0.29) is 11.6 Å². The fraction of sp³-hybridized carbons (Fsp3) is 0.316. The fourth-order valence-electron chi connectivity index (χ4n) is 2.98. The van der Waals surface area contributed by atoms with E-state index in [9.17, 15) is 9.18 Å². The van der Waals surface area contributed by atoms with Gasteiger partial charge in [-0.15, -0.1) is 0 Å². The highest BCUT2D eigenvalue weighted by molar-refractivity contribution is 6.31. The van der Waals surface area contributed by atoms with Crippen LogP contribution in [0.4, 0.5) is 4.39 Å². The van der Waals surface area contributed by atoms with Gasteiger partial charge in [0.1, 0.15) is 5.82 Å². The number of nitrogens with one attached hydrogen (secondary N) is 1. The lowest BCUT2D eigenvalue weighted by Gasteiger charge is -2.35. The van der Waals surface area contributed by atoms with Crippen molar-refractivity contribution >= 4 is 17.5 Å². The third kappa shape index (κ3) is 4.57. The van der Waals surface area contributed by atoms with Gasteiger partial charge < -0.3 is 10.1 Å². The van der Waals surface area contributed by atoms with Gasteiger partial charge >= 0.3 is 0 Å². The second kappa shape index (κ2) is 8.43. The minimum absolute atomic E-state index is 0.0105. The molecule has 2 aromatic carbocycles. The molecule has 25 heavy (non-hydrogen) atoms. The van der Waals surface area contributed by atoms with Crippen molar-refractivity contribution < 1.29 is 13.9 Å². The Labute approximate surface area is 151 Å². The molecule has 0 saturated carbocycles. The number of hydrogen-bond acceptors (Lipinski definition) is 3. The zero-order valence-corrected chi connectivity index (χ0v) is 14.5. The predicted molar refractivity (Wildman–Crippen MR) is 95.3 cm³/mol. The van der Waals surface area contributed by atoms with Gasteiger partial charge in [-0.1, -0.05) is 41.9 Å². The number of halogens is 2. The van der Waals surface area contributed by atoms with Crippen molar-refractivity contribution in [3.63, 3.8) is 0 Å². The molecule has 0 aliphatic carbocycles. The Morgan fingerprint density at radius 3 is 2.64 bits per heavy atom. The summed E-state index contributed by atoms with van der Waals surface area (Å²) in [4.78, 5) is 14.7. The first-order valence-electron chi connectivity index (χ1n) is 8.25. The van der Waals surface area contributed by atoms with Crippen LogP contribution in [0, 0.1) is 5.82 Å². The molecule has 132 valence electrons. The summed E-state index contributed by atoms with van der Waals surface area (Å²) < 4.78 is 19.3. The van der Waals surface area contributed by atoms with Crippen LogP contribution < -0.4 is 5.32 Å². The number of carbonyl (C=O) groups excluding carboxylic acids is 1. The van der Waals surface area contributed by atoms with Gasteiger partial charge in [-0.25, -0.2) is 4.39 Å². The van der Waals surface area contributed by atoms with E-state index < -0.39 is 11.7 Å². The number of carbonyl (C=O) groups is 1. The fourth-order valence-corrected chi connectivity index (χ4v) is 3.15. The van der Waals surface area contributed by atoms with Crippen LogP contribution in [0.5, 0.6) is 0 Å². The predicted octanol–water partition coefficient (Wildman–Crippen LogP) is 3.28. The number of rotatable bonds is 5. The van der Waals surface area contributed by atoms with Gasteiger partial charge in [-0.05, 0) is 23.8 Å². The van der Waals surface area contributed by atoms with Gasteiger partial charge in [-0.3, -0.25) is 9.69 Å². The Bertz CT molecular complexity index is 721. The first-order valence-corrected chi connectivity index (χ1v) is 8.63. The monoisotopic (exact) mass is 362 g/mol. The minimum Gasteiger partial charge on any atom is -0.379 e. The molecular weight excluding hydrogens is 343 g/mol. The molecule has 6 heteroatoms. The van der Waals surface area contributed by atoms with E-state index >= 15 is 0 Å². The maximum atomic E-state index is 13.9. The number of benzene rings is 2. The molecule has 1 atom stereocenters. The number of amides is 1. The average molecular weight is 363 g/mol. The van der Waals surface area contributed by atoms with Gasteiger partial charge in [0.05, 0.1) is 24.8 Å². The second-order valence-corrected chi connectivity index (χ2v) is 6.35. The van der Waals surface area contributed by atoms with E-state index in [1.165, 1.54) is 18.2 Å². The first-order chi connectivity index (χ1) is 12.1. The van der Waals surface area contributed by atoms with Crippen molar-refractivity contribution in [2.45, 2.75) is 6.04 Å². The lowest BCUT2D eigenvalue weighted by Crippen LogP contribution is -2.43. The highest BCUT2D eigenvalue weighted by atomic mass is 35.5. The molecule has 1 aliphatic rings. The zero-order chi connectivity index (χ0) is 17.6. The van der Waals surface area contributed by atoms with Crippen LogP contribution in [0.2, 0.25) is 5.02 Å². The van der Waals surface area contributed by atoms with E-state index in [4.69, 9.17) is 16.3 Å². The summed E-state index contributed by atoms with van der Waals surface area (Å²) in [5, 5.41) is 3.18. The molecule has 4 nitrogen and oxygen atoms in total. The number of ether oxygens (including phenoxy) is 1. The largest absolute Gasteiger partial charge is 0.379 e. The maximum Gasteiger partial charge on any atom is 0.254 e. The molecule has 0 bridgehead atoms. The first kappa shape index (κ1) is 17.9. The molecular formula is C19H20ClFN2O2. The highest BCUT2D eigenvalue weighted by Gasteiger charge is 2.23. The Morgan fingerprint density at radius 2 is 1.92 bits per heavy atom. The third-order valence-electron chi connectivity index (χ3n) is 4.30. The van der Waals surface area contributed by atoms with Crippen molar-refractivity contribution in [1.82, 2.24) is 10.2 Å². The van der Waals surface area contributed by atoms with Crippen molar-refractivity contribution in [2.75, 3.05) is 32.8 Å². The summed E-state index contributed by atoms with van der Waals surface area (Å²) in [5.74, 6) is -1.04. The van der Waals surface area contributed by atoms with E-state index in [1.54, 1.807) is 0 Å². The van der Waals surface area contributed by atoms with Crippen LogP contribution in [0.3, 0.4) is 0 Å². The lowest BCUT2D eigenvalue weighted by molar-refractivity contribution is 0.0162. The van der Waals surface area contributed by atoms with E-state index in [2.05, 4.69) is 10.2 Å². The summed E-state index contributed by atoms with van der Waals surface area (Å²) >= 11 is 5.87. The summed E-state index contributed by atoms with van der Waals surface area (Å²) in [6.07, 6.45) is 0. The van der Waals surface area contributed by atoms with Gasteiger partial charge in [0, 0.05) is 24.7 Å². The zero-order valence-electron chi connectivity index (χ0n) is 13.8. The van der Waals surface area contributed by atoms with E-state index in [0.29, 0.717) is 24.8 Å². The Kier molecular flexibility index (Phi) is 6.02. The van der Waals surface area contributed by atoms with Crippen molar-refractivity contribution in [3.05, 3.63) is 70.5 Å². The highest BCUT2D eigenvalue weighted by Crippen LogP contribution is 2.21. The van der Waals surface area contributed by atoms with Crippen LogP contribution >= 0.6 is 11.6 Å². The second-order valence-electron chi connectivity index (χ2n) is 5.91. The molecule has 1 unspecified atom stereocenters. The maximum absolute atomic E-state index is 13.9. The summed E-state index contributed by atoms with van der Waals surface area (Å²) in [6.45, 7) is 3.30. The molecule has 1 heterocycles. The molecule has 1 fully saturated rings. The van der Waals surface area contributed by atoms with Gasteiger partial charge in [-0.2, -0.15) is 0 Å². The Balaban J connectivity index is 1.74. The number of hydrogen-bond donors (Lipinski definition) is 1. The standard InChI is InChI=1S/C19H20ClFN2O2/c20-15-6-7-17(21)16(12-15)19(24)22-13-18(14-4-2-1-3-5-14)23-8-10-25-11-9-23/h1-7,12,18H,8-11,13H2,(H,22,24). The van der Waals surface area contributed by atoms with Crippen LogP contribution in [-0.4, -0.2) is 43.7 Å². The molecule has 1 aliphatic heterocycles. The van der Waals surface area contributed by atoms with Gasteiger partial charge in [0.2, 0.25) is 0 Å². The van der Waals surface area contributed by atoms with Crippen molar-refractivity contribution in [1.29, 1.82) is 0 Å². The van der Waals surface area contributed by atoms with Gasteiger partial charge in [0.25, 0.3) is 5.91 Å². The molecule has 1 amide bonds. The molecule has 3 rings (SSSR count). The molecule has 2 aromatic rings. The molecule has 1 N–H and O–H groups in total. The van der Waals surface area contributed by atoms with Crippen LogP contribution in [-0.2, 0) is 4.74 Å². The summed E-state index contributed by atoms with van der Waals surface area (Å²) in [6, 6.07) is 14.0. The lowest BCUT2D eigenvalue weighted by atomic mass is 10.0. The van der Waals surface area contributed by atoms with Crippen molar-refractivity contribution in [2.24, 2.45) is 0 Å². The number of nitrogens with zero attached hydrogens (tertiary/aromatic N) is 1. The van der Waals surface area contributed by atoms with Crippen molar-refractivity contribution in [3.8, 4) is 0 Å². The van der Waals surface area contributed by atoms with Crippen LogP contribution in [0.25, 0.3) is 0 Å². The average Bonchev–Trinajstić information content (AvgIpc) is 2.65. The van der Waals surface area contributed by atoms with Gasteiger partial charge in [0.15, 0.2) is 0 Å². The Morgan fingerprint density at radius 1 is 1.20 bits per heavy atom. The minimum atomic E-state index is -0.579. The Hall–Kier alpha value is -1.95. The smallest absolute Gasteiger partial charge is 0.254 e. The van der Waals surface area contributed by atoms with Crippen LogP contribution in [0.1, 0.15) is 22.0 Å². The summed E-state index contributed by atoms with van der Waals surface area (Å²) in [7, 11) is 0. The molecule has 0 aromatic heterocycles. The molecule has 0 radical (unpaired) electrons. The topological polar surface area (TPSA) is 41.6 Å². The SMILES string of the molecule is O=C(NCC(c1ccccc1)N1CCOCC1)c1cc(Cl)ccc1F. The third-order valence-corrected chi connectivity index (χ3v) is 4.53. The van der Waals surface area contributed by atoms with E-state index in [0.717, 1.165) is 18.7 Å². The van der Waals surface area contributed by atoms with E-state index in [1.807, 2.05) is 30.3 Å². The summed E-state index contributed by atoms with van der Waals surface area (Å²) in [5.41, 5.74) is 1.07. The number of morpholine rings is 1. The molecule has 1 saturated heterocycles. The molecule has 0 spiro atoms. The van der Waals surface area contributed by atoms with Crippen LogP contribution in [0.15, 0.2) is 48.5 Å². The normalized spacial score (nSPS) is 16.4.